The Kier molecular flexibility index (Phi) is 4.95. The van der Waals surface area contributed by atoms with Gasteiger partial charge < -0.3 is 4.74 Å². The van der Waals surface area contributed by atoms with Gasteiger partial charge in [0.2, 0.25) is 0 Å². The lowest BCUT2D eigenvalue weighted by atomic mass is 10.1. The van der Waals surface area contributed by atoms with Crippen molar-refractivity contribution in [2.45, 2.75) is 19.6 Å². The van der Waals surface area contributed by atoms with Gasteiger partial charge in [-0.05, 0) is 24.3 Å². The molecule has 128 valence electrons. The van der Waals surface area contributed by atoms with Gasteiger partial charge in [0.1, 0.15) is 17.1 Å². The van der Waals surface area contributed by atoms with Crippen LogP contribution < -0.4 is 4.74 Å². The zero-order valence-corrected chi connectivity index (χ0v) is 13.6. The highest BCUT2D eigenvalue weighted by molar-refractivity contribution is 6.31. The smallest absolute Gasteiger partial charge is 0.387 e. The van der Waals surface area contributed by atoms with E-state index in [1.165, 1.54) is 18.2 Å². The molecule has 2 aromatic heterocycles. The Bertz CT molecular complexity index is 902. The quantitative estimate of drug-likeness (QED) is 0.666. The minimum atomic E-state index is -2.98. The number of nitrogens with zero attached hydrogens (tertiary/aromatic N) is 5. The Labute approximate surface area is 146 Å². The van der Waals surface area contributed by atoms with Crippen LogP contribution in [0.2, 0.25) is 5.02 Å². The molecular weight excluding hydrogens is 352 g/mol. The van der Waals surface area contributed by atoms with Crippen LogP contribution in [-0.2, 0) is 6.54 Å². The lowest BCUT2D eigenvalue weighted by molar-refractivity contribution is -0.0494. The number of alkyl halides is 2. The molecule has 2 heterocycles. The molecule has 25 heavy (non-hydrogen) atoms. The van der Waals surface area contributed by atoms with E-state index in [4.69, 9.17) is 16.9 Å². The molecule has 0 fully saturated rings. The van der Waals surface area contributed by atoms with E-state index in [0.717, 1.165) is 0 Å². The summed E-state index contributed by atoms with van der Waals surface area (Å²) in [6.07, 6.45) is 5.24. The van der Waals surface area contributed by atoms with Crippen molar-refractivity contribution in [1.29, 1.82) is 5.26 Å². The molecule has 0 aliphatic rings. The van der Waals surface area contributed by atoms with E-state index in [9.17, 15) is 8.78 Å². The maximum atomic E-state index is 12.7. The SMILES string of the molecule is N#CCCn1cc(-n2cccn2)c(-c2cc(Cl)ccc2OC(F)F)n1. The van der Waals surface area contributed by atoms with Gasteiger partial charge in [-0.1, -0.05) is 11.6 Å². The number of ether oxygens (including phenoxy) is 1. The molecular formula is C16H12ClF2N5O. The standard InChI is InChI=1S/C16H12ClF2N5O/c17-11-3-4-14(25-16(18)19)12(9-11)15-13(24-8-2-6-21-24)10-23(22-15)7-1-5-20/h2-4,6,8-10,16H,1,7H2. The maximum absolute atomic E-state index is 12.7. The summed E-state index contributed by atoms with van der Waals surface area (Å²) in [5.74, 6) is -0.0432. The van der Waals surface area contributed by atoms with E-state index >= 15 is 0 Å². The third kappa shape index (κ3) is 3.78. The first kappa shape index (κ1) is 16.9. The van der Waals surface area contributed by atoms with Crippen LogP contribution in [0, 0.1) is 11.3 Å². The second-order valence-corrected chi connectivity index (χ2v) is 5.44. The lowest BCUT2D eigenvalue weighted by Gasteiger charge is -2.11. The third-order valence-corrected chi connectivity index (χ3v) is 3.59. The highest BCUT2D eigenvalue weighted by Crippen LogP contribution is 2.36. The van der Waals surface area contributed by atoms with E-state index in [0.29, 0.717) is 28.5 Å². The molecule has 0 saturated carbocycles. The van der Waals surface area contributed by atoms with Gasteiger partial charge in [-0.25, -0.2) is 4.68 Å². The number of hydrogen-bond donors (Lipinski definition) is 0. The largest absolute Gasteiger partial charge is 0.434 e. The molecule has 0 N–H and O–H groups in total. The van der Waals surface area contributed by atoms with Crippen LogP contribution in [-0.4, -0.2) is 26.2 Å². The summed E-state index contributed by atoms with van der Waals surface area (Å²) in [6, 6.07) is 8.10. The van der Waals surface area contributed by atoms with Crippen molar-refractivity contribution < 1.29 is 13.5 Å². The van der Waals surface area contributed by atoms with Crippen molar-refractivity contribution in [2.75, 3.05) is 0 Å². The summed E-state index contributed by atoms with van der Waals surface area (Å²) in [7, 11) is 0. The Morgan fingerprint density at radius 2 is 2.20 bits per heavy atom. The van der Waals surface area contributed by atoms with E-state index in [1.54, 1.807) is 34.0 Å². The number of aryl methyl sites for hydroxylation is 1. The van der Waals surface area contributed by atoms with E-state index in [-0.39, 0.29) is 12.2 Å². The maximum Gasteiger partial charge on any atom is 0.387 e. The first-order valence-corrected chi connectivity index (χ1v) is 7.65. The van der Waals surface area contributed by atoms with Crippen molar-refractivity contribution >= 4 is 11.6 Å². The van der Waals surface area contributed by atoms with Crippen LogP contribution in [0.5, 0.6) is 5.75 Å². The molecule has 0 bridgehead atoms. The van der Waals surface area contributed by atoms with Crippen LogP contribution in [0.4, 0.5) is 8.78 Å². The van der Waals surface area contributed by atoms with Crippen molar-refractivity contribution in [3.63, 3.8) is 0 Å². The summed E-state index contributed by atoms with van der Waals surface area (Å²) in [4.78, 5) is 0. The number of nitriles is 1. The normalized spacial score (nSPS) is 10.8. The molecule has 0 saturated heterocycles. The summed E-state index contributed by atoms with van der Waals surface area (Å²) < 4.78 is 33.2. The Morgan fingerprint density at radius 1 is 1.36 bits per heavy atom. The molecule has 0 radical (unpaired) electrons. The molecule has 0 amide bonds. The van der Waals surface area contributed by atoms with Crippen LogP contribution in [0.3, 0.4) is 0 Å². The monoisotopic (exact) mass is 363 g/mol. The molecule has 0 atom stereocenters. The number of hydrogen-bond acceptors (Lipinski definition) is 4. The average Bonchev–Trinajstić information content (AvgIpc) is 3.23. The zero-order valence-electron chi connectivity index (χ0n) is 12.8. The summed E-state index contributed by atoms with van der Waals surface area (Å²) in [6.45, 7) is -2.62. The van der Waals surface area contributed by atoms with Crippen LogP contribution >= 0.6 is 11.6 Å². The second-order valence-electron chi connectivity index (χ2n) is 5.00. The second kappa shape index (κ2) is 7.32. The van der Waals surface area contributed by atoms with Gasteiger partial charge >= 0.3 is 6.61 Å². The van der Waals surface area contributed by atoms with Gasteiger partial charge in [-0.3, -0.25) is 4.68 Å². The van der Waals surface area contributed by atoms with E-state index in [2.05, 4.69) is 14.9 Å². The highest BCUT2D eigenvalue weighted by Gasteiger charge is 2.19. The van der Waals surface area contributed by atoms with Gasteiger partial charge in [0, 0.05) is 23.0 Å². The van der Waals surface area contributed by atoms with Gasteiger partial charge in [0.15, 0.2) is 0 Å². The van der Waals surface area contributed by atoms with Crippen molar-refractivity contribution in [2.24, 2.45) is 0 Å². The molecule has 1 aromatic carbocycles. The van der Waals surface area contributed by atoms with Crippen LogP contribution in [0.15, 0.2) is 42.9 Å². The summed E-state index contributed by atoms with van der Waals surface area (Å²) in [5.41, 5.74) is 1.25. The fourth-order valence-electron chi connectivity index (χ4n) is 2.35. The molecule has 6 nitrogen and oxygen atoms in total. The summed E-state index contributed by atoms with van der Waals surface area (Å²) in [5, 5.41) is 17.7. The first-order valence-electron chi connectivity index (χ1n) is 7.27. The Morgan fingerprint density at radius 3 is 2.88 bits per heavy atom. The van der Waals surface area contributed by atoms with Gasteiger partial charge in [0.25, 0.3) is 0 Å². The minimum absolute atomic E-state index is 0.0432. The molecule has 0 aliphatic carbocycles. The lowest BCUT2D eigenvalue weighted by Crippen LogP contribution is -2.04. The van der Waals surface area contributed by atoms with Crippen molar-refractivity contribution in [3.05, 3.63) is 47.9 Å². The predicted molar refractivity (Wildman–Crippen MR) is 86.7 cm³/mol. The fraction of sp³-hybridized carbons (Fsp3) is 0.188. The van der Waals surface area contributed by atoms with Gasteiger partial charge in [0.05, 0.1) is 25.2 Å². The van der Waals surface area contributed by atoms with Crippen molar-refractivity contribution in [1.82, 2.24) is 19.6 Å². The van der Waals surface area contributed by atoms with E-state index < -0.39 is 6.61 Å². The number of aromatic nitrogens is 4. The molecule has 0 spiro atoms. The number of benzene rings is 1. The Hall–Kier alpha value is -2.92. The first-order chi connectivity index (χ1) is 12.1. The van der Waals surface area contributed by atoms with Gasteiger partial charge in [-0.2, -0.15) is 24.2 Å². The van der Waals surface area contributed by atoms with Gasteiger partial charge in [-0.15, -0.1) is 0 Å². The molecule has 0 aliphatic heterocycles. The number of halogens is 3. The van der Waals surface area contributed by atoms with Crippen LogP contribution in [0.1, 0.15) is 6.42 Å². The fourth-order valence-corrected chi connectivity index (χ4v) is 2.52. The van der Waals surface area contributed by atoms with E-state index in [1.807, 2.05) is 6.07 Å². The Balaban J connectivity index is 2.14. The number of rotatable bonds is 6. The molecule has 9 heteroatoms. The molecule has 3 aromatic rings. The molecule has 0 unspecified atom stereocenters. The summed E-state index contributed by atoms with van der Waals surface area (Å²) >= 11 is 6.03. The molecule has 3 rings (SSSR count). The van der Waals surface area contributed by atoms with Crippen LogP contribution in [0.25, 0.3) is 16.9 Å². The highest BCUT2D eigenvalue weighted by atomic mass is 35.5. The minimum Gasteiger partial charge on any atom is -0.434 e. The third-order valence-electron chi connectivity index (χ3n) is 3.36. The topological polar surface area (TPSA) is 68.7 Å². The zero-order chi connectivity index (χ0) is 17.8. The average molecular weight is 364 g/mol. The predicted octanol–water partition coefficient (Wildman–Crippen LogP) is 3.90. The van der Waals surface area contributed by atoms with Crippen molar-refractivity contribution in [3.8, 4) is 28.8 Å².